The van der Waals surface area contributed by atoms with Crippen LogP contribution in [0.25, 0.3) is 0 Å². The van der Waals surface area contributed by atoms with E-state index in [1.54, 1.807) is 36.4 Å². The Labute approximate surface area is 157 Å². The minimum atomic E-state index is -3.54. The lowest BCUT2D eigenvalue weighted by Gasteiger charge is -2.12. The van der Waals surface area contributed by atoms with Gasteiger partial charge in [-0.25, -0.2) is 13.6 Å². The van der Waals surface area contributed by atoms with Crippen LogP contribution in [-0.2, 0) is 27.1 Å². The van der Waals surface area contributed by atoms with E-state index < -0.39 is 10.0 Å². The van der Waals surface area contributed by atoms with Crippen molar-refractivity contribution in [3.63, 3.8) is 0 Å². The fourth-order valence-electron chi connectivity index (χ4n) is 2.09. The first kappa shape index (κ1) is 19.8. The van der Waals surface area contributed by atoms with E-state index >= 15 is 0 Å². The van der Waals surface area contributed by atoms with Gasteiger partial charge >= 0.3 is 0 Å². The van der Waals surface area contributed by atoms with Gasteiger partial charge in [-0.15, -0.1) is 11.8 Å². The molecule has 0 spiro atoms. The highest BCUT2D eigenvalue weighted by Crippen LogP contribution is 2.24. The van der Waals surface area contributed by atoms with Crippen LogP contribution in [0, 0.1) is 0 Å². The van der Waals surface area contributed by atoms with Crippen molar-refractivity contribution in [3.05, 3.63) is 64.7 Å². The average molecular weight is 399 g/mol. The topological polar surface area (TPSA) is 89.3 Å². The number of sulfonamides is 1. The lowest BCUT2D eigenvalue weighted by atomic mass is 10.1. The van der Waals surface area contributed by atoms with Crippen molar-refractivity contribution in [2.75, 3.05) is 0 Å². The van der Waals surface area contributed by atoms with Gasteiger partial charge in [-0.2, -0.15) is 0 Å². The Morgan fingerprint density at radius 3 is 2.24 bits per heavy atom. The lowest BCUT2D eigenvalue weighted by molar-refractivity contribution is -0.120. The monoisotopic (exact) mass is 398 g/mol. The van der Waals surface area contributed by atoms with Gasteiger partial charge in [0.05, 0.1) is 11.0 Å². The van der Waals surface area contributed by atoms with Crippen molar-refractivity contribution in [1.82, 2.24) is 5.32 Å². The van der Waals surface area contributed by atoms with E-state index in [1.165, 1.54) is 11.8 Å². The minimum absolute atomic E-state index is 0.0754. The third-order valence-electron chi connectivity index (χ3n) is 3.35. The molecule has 0 saturated carbocycles. The molecule has 0 fully saturated rings. The van der Waals surface area contributed by atoms with E-state index in [4.69, 9.17) is 16.7 Å². The molecule has 1 amide bonds. The Kier molecular flexibility index (Phi) is 6.89. The SMILES string of the molecule is C[C@H](Sc1ccc(Cl)cc1)C(=O)NCc1ccc(CS(N)(=O)=O)cc1. The highest BCUT2D eigenvalue weighted by Gasteiger charge is 2.14. The molecule has 0 aliphatic carbocycles. The number of thioether (sulfide) groups is 1. The molecule has 0 saturated heterocycles. The van der Waals surface area contributed by atoms with Crippen LogP contribution in [0.15, 0.2) is 53.4 Å². The molecule has 2 aromatic carbocycles. The van der Waals surface area contributed by atoms with E-state index in [-0.39, 0.29) is 16.9 Å². The summed E-state index contributed by atoms with van der Waals surface area (Å²) in [4.78, 5) is 13.2. The van der Waals surface area contributed by atoms with Crippen LogP contribution in [0.2, 0.25) is 5.02 Å². The Morgan fingerprint density at radius 1 is 1.12 bits per heavy atom. The Bertz CT molecular complexity index is 822. The number of hydrogen-bond acceptors (Lipinski definition) is 4. The molecule has 1 atom stereocenters. The van der Waals surface area contributed by atoms with Crippen LogP contribution in [0.3, 0.4) is 0 Å². The summed E-state index contributed by atoms with van der Waals surface area (Å²) in [6, 6.07) is 14.3. The molecule has 2 aromatic rings. The van der Waals surface area contributed by atoms with Gasteiger partial charge in [0.25, 0.3) is 0 Å². The molecule has 0 bridgehead atoms. The van der Waals surface area contributed by atoms with E-state index in [2.05, 4.69) is 5.32 Å². The maximum Gasteiger partial charge on any atom is 0.233 e. The predicted molar refractivity (Wildman–Crippen MR) is 102 cm³/mol. The fraction of sp³-hybridized carbons (Fsp3) is 0.235. The number of carbonyl (C=O) groups excluding carboxylic acids is 1. The van der Waals surface area contributed by atoms with E-state index in [0.29, 0.717) is 17.1 Å². The second-order valence-electron chi connectivity index (χ2n) is 5.56. The quantitative estimate of drug-likeness (QED) is 0.701. The average Bonchev–Trinajstić information content (AvgIpc) is 2.54. The zero-order valence-electron chi connectivity index (χ0n) is 13.6. The van der Waals surface area contributed by atoms with Crippen LogP contribution < -0.4 is 10.5 Å². The summed E-state index contributed by atoms with van der Waals surface area (Å²) in [7, 11) is -3.54. The van der Waals surface area contributed by atoms with Gasteiger partial charge in [0, 0.05) is 16.5 Å². The first-order valence-electron chi connectivity index (χ1n) is 7.51. The summed E-state index contributed by atoms with van der Waals surface area (Å²) >= 11 is 7.30. The maximum atomic E-state index is 12.2. The molecule has 25 heavy (non-hydrogen) atoms. The number of primary sulfonamides is 1. The van der Waals surface area contributed by atoms with Gasteiger partial charge in [0.15, 0.2) is 0 Å². The summed E-state index contributed by atoms with van der Waals surface area (Å²) < 4.78 is 22.1. The number of halogens is 1. The molecule has 0 heterocycles. The van der Waals surface area contributed by atoms with Gasteiger partial charge in [-0.1, -0.05) is 35.9 Å². The summed E-state index contributed by atoms with van der Waals surface area (Å²) in [5.74, 6) is -0.275. The highest BCUT2D eigenvalue weighted by atomic mass is 35.5. The molecule has 5 nitrogen and oxygen atoms in total. The van der Waals surface area contributed by atoms with Crippen molar-refractivity contribution >= 4 is 39.3 Å². The normalized spacial score (nSPS) is 12.6. The van der Waals surface area contributed by atoms with E-state index in [1.807, 2.05) is 19.1 Å². The van der Waals surface area contributed by atoms with Crippen LogP contribution >= 0.6 is 23.4 Å². The smallest absolute Gasteiger partial charge is 0.233 e. The summed E-state index contributed by atoms with van der Waals surface area (Å²) in [6.07, 6.45) is 0. The van der Waals surface area contributed by atoms with Crippen molar-refractivity contribution in [1.29, 1.82) is 0 Å². The fourth-order valence-corrected chi connectivity index (χ4v) is 3.76. The second-order valence-corrected chi connectivity index (χ2v) is 9.02. The van der Waals surface area contributed by atoms with E-state index in [0.717, 1.165) is 10.5 Å². The summed E-state index contributed by atoms with van der Waals surface area (Å²) in [5.41, 5.74) is 1.50. The number of carbonyl (C=O) groups is 1. The molecule has 0 unspecified atom stereocenters. The molecule has 2 rings (SSSR count). The van der Waals surface area contributed by atoms with Gasteiger partial charge in [-0.3, -0.25) is 4.79 Å². The number of hydrogen-bond donors (Lipinski definition) is 2. The zero-order chi connectivity index (χ0) is 18.4. The van der Waals surface area contributed by atoms with Crippen LogP contribution in [0.5, 0.6) is 0 Å². The first-order chi connectivity index (χ1) is 11.7. The number of rotatable bonds is 7. The van der Waals surface area contributed by atoms with Gasteiger partial charge in [-0.05, 0) is 42.3 Å². The number of amides is 1. The van der Waals surface area contributed by atoms with Crippen LogP contribution in [-0.4, -0.2) is 19.6 Å². The maximum absolute atomic E-state index is 12.2. The molecule has 0 aliphatic heterocycles. The van der Waals surface area contributed by atoms with Crippen molar-refractivity contribution in [2.24, 2.45) is 5.14 Å². The second kappa shape index (κ2) is 8.71. The molecule has 0 aromatic heterocycles. The Balaban J connectivity index is 1.85. The third-order valence-corrected chi connectivity index (χ3v) is 5.45. The van der Waals surface area contributed by atoms with Gasteiger partial charge in [0.2, 0.25) is 15.9 Å². The molecular weight excluding hydrogens is 380 g/mol. The molecule has 134 valence electrons. The number of nitrogens with one attached hydrogen (secondary N) is 1. The van der Waals surface area contributed by atoms with Gasteiger partial charge in [0.1, 0.15) is 0 Å². The number of benzene rings is 2. The van der Waals surface area contributed by atoms with Crippen molar-refractivity contribution in [3.8, 4) is 0 Å². The third kappa shape index (κ3) is 7.07. The standard InChI is InChI=1S/C17H19ClN2O3S2/c1-12(24-16-8-6-15(18)7-9-16)17(21)20-10-13-2-4-14(5-3-13)11-25(19,22)23/h2-9,12H,10-11H2,1H3,(H,20,21)(H2,19,22,23)/t12-/m0/s1. The van der Waals surface area contributed by atoms with Crippen molar-refractivity contribution in [2.45, 2.75) is 29.4 Å². The van der Waals surface area contributed by atoms with Crippen molar-refractivity contribution < 1.29 is 13.2 Å². The van der Waals surface area contributed by atoms with E-state index in [9.17, 15) is 13.2 Å². The highest BCUT2D eigenvalue weighted by molar-refractivity contribution is 8.00. The molecular formula is C17H19ClN2O3S2. The molecule has 8 heteroatoms. The summed E-state index contributed by atoms with van der Waals surface area (Å²) in [5, 5.41) is 8.30. The largest absolute Gasteiger partial charge is 0.351 e. The van der Waals surface area contributed by atoms with Gasteiger partial charge < -0.3 is 5.32 Å². The zero-order valence-corrected chi connectivity index (χ0v) is 16.0. The first-order valence-corrected chi connectivity index (χ1v) is 10.5. The Hall–Kier alpha value is -1.54. The Morgan fingerprint density at radius 2 is 1.68 bits per heavy atom. The minimum Gasteiger partial charge on any atom is -0.351 e. The molecule has 0 radical (unpaired) electrons. The van der Waals surface area contributed by atoms with Crippen LogP contribution in [0.4, 0.5) is 0 Å². The number of nitrogens with two attached hydrogens (primary N) is 1. The summed E-state index contributed by atoms with van der Waals surface area (Å²) in [6.45, 7) is 2.21. The molecule has 3 N–H and O–H groups in total. The van der Waals surface area contributed by atoms with Crippen LogP contribution in [0.1, 0.15) is 18.1 Å². The molecule has 0 aliphatic rings. The predicted octanol–water partition coefficient (Wildman–Crippen LogP) is 2.93. The lowest BCUT2D eigenvalue weighted by Crippen LogP contribution is -2.30.